The number of hydrogen-bond donors (Lipinski definition) is 1. The number of halogens is 1. The van der Waals surface area contributed by atoms with E-state index in [2.05, 4.69) is 6.92 Å². The summed E-state index contributed by atoms with van der Waals surface area (Å²) in [6.45, 7) is 6.12. The van der Waals surface area contributed by atoms with E-state index >= 15 is 0 Å². The number of amides is 1. The van der Waals surface area contributed by atoms with Crippen molar-refractivity contribution in [2.45, 2.75) is 46.1 Å². The highest BCUT2D eigenvalue weighted by molar-refractivity contribution is 5.68. The average molecular weight is 341 g/mol. The Bertz CT molecular complexity index is 796. The van der Waals surface area contributed by atoms with Crippen LogP contribution < -0.4 is 5.73 Å². The van der Waals surface area contributed by atoms with Crippen LogP contribution in [0.3, 0.4) is 0 Å². The predicted octanol–water partition coefficient (Wildman–Crippen LogP) is 5.16. The van der Waals surface area contributed by atoms with Crippen LogP contribution in [0.15, 0.2) is 36.4 Å². The van der Waals surface area contributed by atoms with E-state index in [4.69, 9.17) is 10.5 Å². The standard InChI is InChI=1S/C21H24FNO2/c1-4-13-5-7-14(8-6-13)16-11-15-9-10-21(2,3)19(25-20(23)24)17(15)12-18(16)22/h5-8,11-12,19H,4,9-10H2,1-3H3,(H2,23,24)/t19-/m0/s1. The summed E-state index contributed by atoms with van der Waals surface area (Å²) in [6, 6.07) is 11.3. The van der Waals surface area contributed by atoms with E-state index in [-0.39, 0.29) is 11.2 Å². The lowest BCUT2D eigenvalue weighted by molar-refractivity contribution is 0.0145. The van der Waals surface area contributed by atoms with Crippen molar-refractivity contribution < 1.29 is 13.9 Å². The maximum Gasteiger partial charge on any atom is 0.405 e. The largest absolute Gasteiger partial charge is 0.441 e. The van der Waals surface area contributed by atoms with Gasteiger partial charge in [0.25, 0.3) is 0 Å². The van der Waals surface area contributed by atoms with Crippen molar-refractivity contribution in [3.8, 4) is 11.1 Å². The number of carbonyl (C=O) groups is 1. The minimum atomic E-state index is -0.828. The van der Waals surface area contributed by atoms with Crippen molar-refractivity contribution in [2.24, 2.45) is 11.1 Å². The molecule has 1 aliphatic rings. The van der Waals surface area contributed by atoms with Gasteiger partial charge in [-0.05, 0) is 53.6 Å². The summed E-state index contributed by atoms with van der Waals surface area (Å²) < 4.78 is 20.2. The van der Waals surface area contributed by atoms with Crippen LogP contribution in [0.2, 0.25) is 0 Å². The van der Waals surface area contributed by atoms with Gasteiger partial charge in [-0.1, -0.05) is 45.0 Å². The summed E-state index contributed by atoms with van der Waals surface area (Å²) >= 11 is 0. The lowest BCUT2D eigenvalue weighted by Gasteiger charge is -2.39. The minimum Gasteiger partial charge on any atom is -0.441 e. The molecule has 1 amide bonds. The van der Waals surface area contributed by atoms with Gasteiger partial charge in [-0.15, -0.1) is 0 Å². The maximum absolute atomic E-state index is 14.8. The molecule has 4 heteroatoms. The molecular weight excluding hydrogens is 317 g/mol. The predicted molar refractivity (Wildman–Crippen MR) is 96.7 cm³/mol. The van der Waals surface area contributed by atoms with Gasteiger partial charge in [0, 0.05) is 11.0 Å². The third kappa shape index (κ3) is 3.39. The molecule has 0 bridgehead atoms. The topological polar surface area (TPSA) is 52.3 Å². The lowest BCUT2D eigenvalue weighted by Crippen LogP contribution is -2.33. The number of benzene rings is 2. The summed E-state index contributed by atoms with van der Waals surface area (Å²) in [4.78, 5) is 11.3. The Kier molecular flexibility index (Phi) is 4.55. The molecule has 3 rings (SSSR count). The fraction of sp³-hybridized carbons (Fsp3) is 0.381. The number of carbonyl (C=O) groups excluding carboxylic acids is 1. The van der Waals surface area contributed by atoms with Gasteiger partial charge in [-0.25, -0.2) is 9.18 Å². The molecule has 0 heterocycles. The number of hydrogen-bond acceptors (Lipinski definition) is 2. The Hall–Kier alpha value is -2.36. The fourth-order valence-corrected chi connectivity index (χ4v) is 3.58. The van der Waals surface area contributed by atoms with E-state index in [1.807, 2.05) is 44.2 Å². The van der Waals surface area contributed by atoms with E-state index in [0.717, 1.165) is 36.0 Å². The first-order valence-corrected chi connectivity index (χ1v) is 8.69. The van der Waals surface area contributed by atoms with Crippen LogP contribution >= 0.6 is 0 Å². The molecule has 0 fully saturated rings. The number of ether oxygens (including phenoxy) is 1. The van der Waals surface area contributed by atoms with Crippen molar-refractivity contribution in [1.82, 2.24) is 0 Å². The zero-order chi connectivity index (χ0) is 18.2. The van der Waals surface area contributed by atoms with E-state index in [1.54, 1.807) is 0 Å². The Morgan fingerprint density at radius 2 is 1.96 bits per heavy atom. The van der Waals surface area contributed by atoms with Crippen molar-refractivity contribution in [1.29, 1.82) is 0 Å². The second-order valence-corrected chi connectivity index (χ2v) is 7.39. The van der Waals surface area contributed by atoms with Gasteiger partial charge < -0.3 is 10.5 Å². The molecule has 0 saturated carbocycles. The van der Waals surface area contributed by atoms with Crippen LogP contribution in [-0.4, -0.2) is 6.09 Å². The first-order valence-electron chi connectivity index (χ1n) is 8.69. The summed E-state index contributed by atoms with van der Waals surface area (Å²) in [5.74, 6) is -0.307. The first kappa shape index (κ1) is 17.5. The van der Waals surface area contributed by atoms with Crippen molar-refractivity contribution in [3.63, 3.8) is 0 Å². The van der Waals surface area contributed by atoms with Crippen LogP contribution in [0.4, 0.5) is 9.18 Å². The molecule has 2 aromatic rings. The molecule has 0 spiro atoms. The van der Waals surface area contributed by atoms with Crippen LogP contribution in [-0.2, 0) is 17.6 Å². The highest BCUT2D eigenvalue weighted by Crippen LogP contribution is 2.47. The molecule has 3 nitrogen and oxygen atoms in total. The van der Waals surface area contributed by atoms with Crippen LogP contribution in [0.5, 0.6) is 0 Å². The van der Waals surface area contributed by atoms with Gasteiger partial charge in [0.15, 0.2) is 0 Å². The monoisotopic (exact) mass is 341 g/mol. The lowest BCUT2D eigenvalue weighted by atomic mass is 9.71. The first-order chi connectivity index (χ1) is 11.8. The molecular formula is C21H24FNO2. The average Bonchev–Trinajstić information content (AvgIpc) is 2.57. The van der Waals surface area contributed by atoms with Gasteiger partial charge in [0.1, 0.15) is 11.9 Å². The molecule has 132 valence electrons. The molecule has 0 aromatic heterocycles. The van der Waals surface area contributed by atoms with Gasteiger partial charge in [-0.2, -0.15) is 0 Å². The minimum absolute atomic E-state index is 0.279. The van der Waals surface area contributed by atoms with Gasteiger partial charge in [-0.3, -0.25) is 0 Å². The second-order valence-electron chi connectivity index (χ2n) is 7.39. The number of primary amides is 1. The van der Waals surface area contributed by atoms with E-state index in [0.29, 0.717) is 5.56 Å². The van der Waals surface area contributed by atoms with E-state index < -0.39 is 12.2 Å². The highest BCUT2D eigenvalue weighted by Gasteiger charge is 2.39. The smallest absolute Gasteiger partial charge is 0.405 e. The fourth-order valence-electron chi connectivity index (χ4n) is 3.58. The molecule has 2 N–H and O–H groups in total. The number of aryl methyl sites for hydroxylation is 2. The number of nitrogens with two attached hydrogens (primary N) is 1. The van der Waals surface area contributed by atoms with Crippen LogP contribution in [0.25, 0.3) is 11.1 Å². The SMILES string of the molecule is CCc1ccc(-c2cc3c(cc2F)[C@H](OC(N)=O)C(C)(C)CC3)cc1. The van der Waals surface area contributed by atoms with E-state index in [9.17, 15) is 9.18 Å². The number of fused-ring (bicyclic) bond motifs is 1. The van der Waals surface area contributed by atoms with Crippen LogP contribution in [0.1, 0.15) is 50.0 Å². The van der Waals surface area contributed by atoms with Gasteiger partial charge in [0.2, 0.25) is 0 Å². The molecule has 25 heavy (non-hydrogen) atoms. The zero-order valence-corrected chi connectivity index (χ0v) is 14.9. The summed E-state index contributed by atoms with van der Waals surface area (Å²) in [6.07, 6.45) is 1.26. The third-order valence-electron chi connectivity index (χ3n) is 5.17. The van der Waals surface area contributed by atoms with E-state index in [1.165, 1.54) is 11.6 Å². The zero-order valence-electron chi connectivity index (χ0n) is 14.9. The molecule has 0 saturated heterocycles. The molecule has 0 radical (unpaired) electrons. The maximum atomic E-state index is 14.8. The normalized spacial score (nSPS) is 18.5. The summed E-state index contributed by atoms with van der Waals surface area (Å²) in [5, 5.41) is 0. The Morgan fingerprint density at radius 1 is 1.28 bits per heavy atom. The van der Waals surface area contributed by atoms with Crippen molar-refractivity contribution in [3.05, 3.63) is 58.9 Å². The molecule has 0 aliphatic heterocycles. The second kappa shape index (κ2) is 6.51. The number of rotatable bonds is 3. The molecule has 0 unspecified atom stereocenters. The third-order valence-corrected chi connectivity index (χ3v) is 5.17. The molecule has 1 atom stereocenters. The Labute approximate surface area is 148 Å². The highest BCUT2D eigenvalue weighted by atomic mass is 19.1. The summed E-state index contributed by atoms with van der Waals surface area (Å²) in [5.41, 5.74) is 9.35. The van der Waals surface area contributed by atoms with Crippen molar-refractivity contribution in [2.75, 3.05) is 0 Å². The molecule has 1 aliphatic carbocycles. The van der Waals surface area contributed by atoms with Gasteiger partial charge >= 0.3 is 6.09 Å². The Morgan fingerprint density at radius 3 is 2.56 bits per heavy atom. The van der Waals surface area contributed by atoms with Gasteiger partial charge in [0.05, 0.1) is 0 Å². The van der Waals surface area contributed by atoms with Crippen molar-refractivity contribution >= 4 is 6.09 Å². The quantitative estimate of drug-likeness (QED) is 0.838. The summed E-state index contributed by atoms with van der Waals surface area (Å²) in [7, 11) is 0. The van der Waals surface area contributed by atoms with Crippen LogP contribution in [0, 0.1) is 11.2 Å². The Balaban J connectivity index is 2.05. The molecule has 2 aromatic carbocycles.